The van der Waals surface area contributed by atoms with Gasteiger partial charge in [-0.2, -0.15) is 0 Å². The summed E-state index contributed by atoms with van der Waals surface area (Å²) in [5, 5.41) is 5.19. The third-order valence-electron chi connectivity index (χ3n) is 6.54. The average Bonchev–Trinajstić information content (AvgIpc) is 3.17. The Labute approximate surface area is 188 Å². The lowest BCUT2D eigenvalue weighted by molar-refractivity contribution is 0.871. The molecule has 1 heterocycles. The molecule has 0 unspecified atom stereocenters. The van der Waals surface area contributed by atoms with E-state index in [-0.39, 0.29) is 0 Å². The zero-order chi connectivity index (χ0) is 21.7. The van der Waals surface area contributed by atoms with Crippen molar-refractivity contribution >= 4 is 32.6 Å². The molecule has 0 amide bonds. The van der Waals surface area contributed by atoms with Crippen LogP contribution < -0.4 is 0 Å². The summed E-state index contributed by atoms with van der Waals surface area (Å²) in [6.07, 6.45) is 0. The minimum absolute atomic E-state index is 0.455. The zero-order valence-corrected chi connectivity index (χ0v) is 18.4. The third-order valence-corrected chi connectivity index (χ3v) is 6.54. The maximum absolute atomic E-state index is 2.38. The molecule has 1 heteroatoms. The standard InChI is InChI=1S/C31H25N/c1-21(2)27-18-22-10-6-7-11-23(22)19-28(27)24-16-17-31-29(20-24)26-14-8-9-15-30(26)32(31)25-12-4-3-5-13-25/h3-21H,1-2H3. The highest BCUT2D eigenvalue weighted by molar-refractivity contribution is 6.10. The molecule has 0 atom stereocenters. The minimum atomic E-state index is 0.455. The van der Waals surface area contributed by atoms with Gasteiger partial charge in [0.2, 0.25) is 0 Å². The molecule has 0 N–H and O–H groups in total. The number of benzene rings is 5. The fourth-order valence-electron chi connectivity index (χ4n) is 4.98. The average molecular weight is 412 g/mol. The molecule has 1 nitrogen and oxygen atoms in total. The Morgan fingerprint density at radius 1 is 0.562 bits per heavy atom. The molecule has 6 aromatic rings. The van der Waals surface area contributed by atoms with Crippen LogP contribution in [0.2, 0.25) is 0 Å². The molecule has 1 aromatic heterocycles. The Balaban J connectivity index is 1.65. The molecule has 0 bridgehead atoms. The second-order valence-corrected chi connectivity index (χ2v) is 8.86. The number of fused-ring (bicyclic) bond motifs is 4. The maximum atomic E-state index is 2.38. The molecule has 0 aliphatic carbocycles. The van der Waals surface area contributed by atoms with Gasteiger partial charge in [-0.1, -0.05) is 86.6 Å². The van der Waals surface area contributed by atoms with E-state index in [0.717, 1.165) is 0 Å². The highest BCUT2D eigenvalue weighted by Crippen LogP contribution is 2.38. The van der Waals surface area contributed by atoms with Crippen molar-refractivity contribution in [2.24, 2.45) is 0 Å². The molecular formula is C31H25N. The lowest BCUT2D eigenvalue weighted by Crippen LogP contribution is -1.94. The molecule has 6 rings (SSSR count). The van der Waals surface area contributed by atoms with Crippen LogP contribution in [0.1, 0.15) is 25.3 Å². The van der Waals surface area contributed by atoms with Crippen LogP contribution in [-0.4, -0.2) is 4.57 Å². The van der Waals surface area contributed by atoms with Crippen molar-refractivity contribution in [3.8, 4) is 16.8 Å². The normalized spacial score (nSPS) is 11.7. The van der Waals surface area contributed by atoms with E-state index in [4.69, 9.17) is 0 Å². The van der Waals surface area contributed by atoms with Crippen LogP contribution in [0, 0.1) is 0 Å². The number of hydrogen-bond acceptors (Lipinski definition) is 0. The summed E-state index contributed by atoms with van der Waals surface area (Å²) in [6.45, 7) is 4.57. The van der Waals surface area contributed by atoms with E-state index in [9.17, 15) is 0 Å². The molecule has 154 valence electrons. The molecule has 32 heavy (non-hydrogen) atoms. The summed E-state index contributed by atoms with van der Waals surface area (Å²) < 4.78 is 2.37. The van der Waals surface area contributed by atoms with Crippen LogP contribution >= 0.6 is 0 Å². The summed E-state index contributed by atoms with van der Waals surface area (Å²) >= 11 is 0. The first-order valence-corrected chi connectivity index (χ1v) is 11.3. The van der Waals surface area contributed by atoms with Crippen molar-refractivity contribution in [2.45, 2.75) is 19.8 Å². The van der Waals surface area contributed by atoms with Gasteiger partial charge in [0.25, 0.3) is 0 Å². The van der Waals surface area contributed by atoms with Crippen LogP contribution in [0.5, 0.6) is 0 Å². The van der Waals surface area contributed by atoms with Gasteiger partial charge in [0, 0.05) is 16.5 Å². The van der Waals surface area contributed by atoms with Gasteiger partial charge in [-0.15, -0.1) is 0 Å². The first-order chi connectivity index (χ1) is 15.7. The molecular weight excluding hydrogens is 386 g/mol. The Hall–Kier alpha value is -3.84. The Kier molecular flexibility index (Phi) is 4.36. The van der Waals surface area contributed by atoms with Crippen molar-refractivity contribution in [2.75, 3.05) is 0 Å². The van der Waals surface area contributed by atoms with Gasteiger partial charge in [0.1, 0.15) is 0 Å². The maximum Gasteiger partial charge on any atom is 0.0541 e. The van der Waals surface area contributed by atoms with Gasteiger partial charge in [-0.3, -0.25) is 0 Å². The summed E-state index contributed by atoms with van der Waals surface area (Å²) in [5.41, 5.74) is 7.69. The van der Waals surface area contributed by atoms with E-state index in [1.807, 2.05) is 0 Å². The van der Waals surface area contributed by atoms with E-state index in [0.29, 0.717) is 5.92 Å². The number of aromatic nitrogens is 1. The van der Waals surface area contributed by atoms with Crippen LogP contribution in [0.4, 0.5) is 0 Å². The molecule has 0 spiro atoms. The molecule has 0 radical (unpaired) electrons. The van der Waals surface area contributed by atoms with Crippen molar-refractivity contribution in [3.05, 3.63) is 115 Å². The smallest absolute Gasteiger partial charge is 0.0541 e. The van der Waals surface area contributed by atoms with Crippen LogP contribution in [-0.2, 0) is 0 Å². The van der Waals surface area contributed by atoms with E-state index < -0.39 is 0 Å². The predicted octanol–water partition coefficient (Wildman–Crippen LogP) is 8.73. The fraction of sp³-hybridized carbons (Fsp3) is 0.0968. The quantitative estimate of drug-likeness (QED) is 0.274. The highest BCUT2D eigenvalue weighted by Gasteiger charge is 2.15. The molecule has 0 saturated carbocycles. The fourth-order valence-corrected chi connectivity index (χ4v) is 4.98. The summed E-state index contributed by atoms with van der Waals surface area (Å²) in [5.74, 6) is 0.455. The Bertz CT molecular complexity index is 1590. The van der Waals surface area contributed by atoms with Gasteiger partial charge in [0.05, 0.1) is 11.0 Å². The van der Waals surface area contributed by atoms with Gasteiger partial charge in [0.15, 0.2) is 0 Å². The summed E-state index contributed by atoms with van der Waals surface area (Å²) in [7, 11) is 0. The largest absolute Gasteiger partial charge is 0.309 e. The first kappa shape index (κ1) is 18.9. The number of para-hydroxylation sites is 2. The van der Waals surface area contributed by atoms with Crippen molar-refractivity contribution in [1.29, 1.82) is 0 Å². The van der Waals surface area contributed by atoms with E-state index in [1.165, 1.54) is 55.0 Å². The van der Waals surface area contributed by atoms with Crippen LogP contribution in [0.25, 0.3) is 49.4 Å². The predicted molar refractivity (Wildman–Crippen MR) is 138 cm³/mol. The lowest BCUT2D eigenvalue weighted by Gasteiger charge is -2.15. The van der Waals surface area contributed by atoms with Crippen molar-refractivity contribution < 1.29 is 0 Å². The lowest BCUT2D eigenvalue weighted by atomic mass is 9.89. The molecule has 0 aliphatic heterocycles. The van der Waals surface area contributed by atoms with Gasteiger partial charge < -0.3 is 4.57 Å². The topological polar surface area (TPSA) is 4.93 Å². The zero-order valence-electron chi connectivity index (χ0n) is 18.4. The second-order valence-electron chi connectivity index (χ2n) is 8.86. The summed E-state index contributed by atoms with van der Waals surface area (Å²) in [6, 6.07) is 39.7. The molecule has 0 fully saturated rings. The van der Waals surface area contributed by atoms with Crippen molar-refractivity contribution in [3.63, 3.8) is 0 Å². The Morgan fingerprint density at radius 2 is 1.22 bits per heavy atom. The number of nitrogens with zero attached hydrogens (tertiary/aromatic N) is 1. The van der Waals surface area contributed by atoms with Crippen LogP contribution in [0.15, 0.2) is 109 Å². The number of rotatable bonds is 3. The van der Waals surface area contributed by atoms with Gasteiger partial charge in [-0.05, 0) is 69.8 Å². The van der Waals surface area contributed by atoms with Gasteiger partial charge in [-0.25, -0.2) is 0 Å². The monoisotopic (exact) mass is 411 g/mol. The SMILES string of the molecule is CC(C)c1cc2ccccc2cc1-c1ccc2c(c1)c1ccccc1n2-c1ccccc1. The highest BCUT2D eigenvalue weighted by atomic mass is 15.0. The summed E-state index contributed by atoms with van der Waals surface area (Å²) in [4.78, 5) is 0. The first-order valence-electron chi connectivity index (χ1n) is 11.3. The van der Waals surface area contributed by atoms with E-state index in [2.05, 4.69) is 128 Å². The Morgan fingerprint density at radius 3 is 2.00 bits per heavy atom. The second kappa shape index (κ2) is 7.39. The molecule has 0 saturated heterocycles. The molecule has 5 aromatic carbocycles. The number of hydrogen-bond donors (Lipinski definition) is 0. The van der Waals surface area contributed by atoms with Gasteiger partial charge >= 0.3 is 0 Å². The van der Waals surface area contributed by atoms with Crippen molar-refractivity contribution in [1.82, 2.24) is 4.57 Å². The van der Waals surface area contributed by atoms with E-state index >= 15 is 0 Å². The molecule has 0 aliphatic rings. The van der Waals surface area contributed by atoms with E-state index in [1.54, 1.807) is 0 Å². The van der Waals surface area contributed by atoms with Crippen LogP contribution in [0.3, 0.4) is 0 Å². The minimum Gasteiger partial charge on any atom is -0.309 e. The third kappa shape index (κ3) is 2.93.